The van der Waals surface area contributed by atoms with Gasteiger partial charge < -0.3 is 10.2 Å². The second-order valence-electron chi connectivity index (χ2n) is 4.22. The normalized spacial score (nSPS) is 11.0. The van der Waals surface area contributed by atoms with E-state index in [1.165, 1.54) is 0 Å². The molecule has 0 saturated heterocycles. The Morgan fingerprint density at radius 2 is 2.06 bits per heavy atom. The molecule has 2 aromatic heterocycles. The predicted molar refractivity (Wildman–Crippen MR) is 69.9 cm³/mol. The van der Waals surface area contributed by atoms with Crippen molar-refractivity contribution in [2.75, 3.05) is 0 Å². The minimum atomic E-state index is 0.475. The van der Waals surface area contributed by atoms with Crippen LogP contribution in [0.2, 0.25) is 0 Å². The maximum Gasteiger partial charge on any atom is 0.133 e. The molecule has 2 heterocycles. The number of nitrogens with zero attached hydrogens (tertiary/aromatic N) is 2. The minimum absolute atomic E-state index is 0.475. The zero-order valence-electron chi connectivity index (χ0n) is 10.1. The van der Waals surface area contributed by atoms with Gasteiger partial charge in [-0.1, -0.05) is 0 Å². The molecule has 0 aliphatic heterocycles. The first-order valence-corrected chi connectivity index (χ1v) is 5.79. The van der Waals surface area contributed by atoms with E-state index in [0.717, 1.165) is 33.5 Å². The monoisotopic (exact) mass is 239 g/mol. The summed E-state index contributed by atoms with van der Waals surface area (Å²) in [6, 6.07) is 9.88. The number of hydrogen-bond donors (Lipinski definition) is 1. The Morgan fingerprint density at radius 3 is 2.89 bits per heavy atom. The lowest BCUT2D eigenvalue weighted by molar-refractivity contribution is 0.616. The highest BCUT2D eigenvalue weighted by Crippen LogP contribution is 2.24. The molecule has 4 heteroatoms. The highest BCUT2D eigenvalue weighted by molar-refractivity contribution is 5.82. The lowest BCUT2D eigenvalue weighted by Crippen LogP contribution is -2.03. The predicted octanol–water partition coefficient (Wildman–Crippen LogP) is 2.66. The van der Waals surface area contributed by atoms with Crippen LogP contribution in [0.15, 0.2) is 41.0 Å². The van der Waals surface area contributed by atoms with Crippen molar-refractivity contribution < 1.29 is 4.42 Å². The molecule has 0 radical (unpaired) electrons. The van der Waals surface area contributed by atoms with Crippen LogP contribution < -0.4 is 5.73 Å². The van der Waals surface area contributed by atoms with Gasteiger partial charge in [0.25, 0.3) is 0 Å². The van der Waals surface area contributed by atoms with E-state index in [9.17, 15) is 0 Å². The van der Waals surface area contributed by atoms with Gasteiger partial charge in [0, 0.05) is 17.5 Å². The van der Waals surface area contributed by atoms with Crippen LogP contribution in [0.5, 0.6) is 0 Å². The molecule has 2 N–H and O–H groups in total. The summed E-state index contributed by atoms with van der Waals surface area (Å²) < 4.78 is 5.32. The first kappa shape index (κ1) is 10.9. The molecule has 0 atom stereocenters. The summed E-state index contributed by atoms with van der Waals surface area (Å²) >= 11 is 0. The minimum Gasteiger partial charge on any atom is -0.464 e. The molecule has 90 valence electrons. The van der Waals surface area contributed by atoms with Crippen molar-refractivity contribution in [3.63, 3.8) is 0 Å². The van der Waals surface area contributed by atoms with E-state index in [0.29, 0.717) is 6.54 Å². The Hall–Kier alpha value is -2.20. The van der Waals surface area contributed by atoms with Gasteiger partial charge in [0.1, 0.15) is 5.58 Å². The zero-order chi connectivity index (χ0) is 12.5. The molecule has 0 saturated carbocycles. The SMILES string of the molecule is Cc1nnc(-c2ccc3occc3c2)cc1CN. The number of fused-ring (bicyclic) bond motifs is 1. The van der Waals surface area contributed by atoms with Crippen molar-refractivity contribution in [3.8, 4) is 11.3 Å². The van der Waals surface area contributed by atoms with Crippen LogP contribution in [0.25, 0.3) is 22.2 Å². The largest absolute Gasteiger partial charge is 0.464 e. The number of furan rings is 1. The molecular formula is C14H13N3O. The lowest BCUT2D eigenvalue weighted by atomic mass is 10.1. The van der Waals surface area contributed by atoms with Gasteiger partial charge in [-0.3, -0.25) is 0 Å². The van der Waals surface area contributed by atoms with E-state index >= 15 is 0 Å². The Kier molecular flexibility index (Phi) is 2.57. The summed E-state index contributed by atoms with van der Waals surface area (Å²) in [5.41, 5.74) is 10.3. The van der Waals surface area contributed by atoms with Crippen LogP contribution in [0.1, 0.15) is 11.3 Å². The van der Waals surface area contributed by atoms with E-state index in [4.69, 9.17) is 10.2 Å². The Balaban J connectivity index is 2.13. The third-order valence-electron chi connectivity index (χ3n) is 3.05. The average Bonchev–Trinajstić information content (AvgIpc) is 2.86. The van der Waals surface area contributed by atoms with Gasteiger partial charge in [-0.15, -0.1) is 0 Å². The summed E-state index contributed by atoms with van der Waals surface area (Å²) in [7, 11) is 0. The van der Waals surface area contributed by atoms with E-state index < -0.39 is 0 Å². The maximum atomic E-state index is 5.69. The number of aryl methyl sites for hydroxylation is 1. The zero-order valence-corrected chi connectivity index (χ0v) is 10.1. The number of benzene rings is 1. The summed E-state index contributed by atoms with van der Waals surface area (Å²) in [5.74, 6) is 0. The molecule has 0 spiro atoms. The van der Waals surface area contributed by atoms with Gasteiger partial charge in [0.15, 0.2) is 0 Å². The standard InChI is InChI=1S/C14H13N3O/c1-9-12(8-15)7-13(17-16-9)10-2-3-14-11(6-10)4-5-18-14/h2-7H,8,15H2,1H3. The van der Waals surface area contributed by atoms with Gasteiger partial charge in [-0.2, -0.15) is 10.2 Å². The molecule has 0 aliphatic carbocycles. The van der Waals surface area contributed by atoms with Crippen LogP contribution in [0, 0.1) is 6.92 Å². The number of rotatable bonds is 2. The molecule has 1 aromatic carbocycles. The van der Waals surface area contributed by atoms with E-state index in [-0.39, 0.29) is 0 Å². The van der Waals surface area contributed by atoms with Crippen molar-refractivity contribution in [2.24, 2.45) is 5.73 Å². The smallest absolute Gasteiger partial charge is 0.133 e. The molecule has 3 aromatic rings. The van der Waals surface area contributed by atoms with Crippen molar-refractivity contribution in [3.05, 3.63) is 47.9 Å². The van der Waals surface area contributed by atoms with Gasteiger partial charge >= 0.3 is 0 Å². The quantitative estimate of drug-likeness (QED) is 0.746. The molecule has 0 unspecified atom stereocenters. The van der Waals surface area contributed by atoms with E-state index in [2.05, 4.69) is 10.2 Å². The molecule has 18 heavy (non-hydrogen) atoms. The Labute approximate surface area is 104 Å². The fraction of sp³-hybridized carbons (Fsp3) is 0.143. The Bertz CT molecular complexity index is 703. The third-order valence-corrected chi connectivity index (χ3v) is 3.05. The molecule has 3 rings (SSSR count). The van der Waals surface area contributed by atoms with Crippen molar-refractivity contribution >= 4 is 11.0 Å². The first-order valence-electron chi connectivity index (χ1n) is 5.79. The molecule has 0 aliphatic rings. The number of aromatic nitrogens is 2. The van der Waals surface area contributed by atoms with Gasteiger partial charge in [-0.05, 0) is 42.8 Å². The van der Waals surface area contributed by atoms with Gasteiger partial charge in [-0.25, -0.2) is 0 Å². The number of hydrogen-bond acceptors (Lipinski definition) is 4. The van der Waals surface area contributed by atoms with Gasteiger partial charge in [0.2, 0.25) is 0 Å². The topological polar surface area (TPSA) is 64.9 Å². The first-order chi connectivity index (χ1) is 8.78. The van der Waals surface area contributed by atoms with E-state index in [1.54, 1.807) is 6.26 Å². The second kappa shape index (κ2) is 4.23. The van der Waals surface area contributed by atoms with Gasteiger partial charge in [0.05, 0.1) is 17.7 Å². The fourth-order valence-electron chi connectivity index (χ4n) is 1.97. The summed E-state index contributed by atoms with van der Waals surface area (Å²) in [6.45, 7) is 2.39. The van der Waals surface area contributed by atoms with Crippen molar-refractivity contribution in [1.82, 2.24) is 10.2 Å². The van der Waals surface area contributed by atoms with Crippen LogP contribution in [-0.2, 0) is 6.54 Å². The molecule has 0 amide bonds. The summed E-state index contributed by atoms with van der Waals surface area (Å²) in [6.07, 6.45) is 1.68. The summed E-state index contributed by atoms with van der Waals surface area (Å²) in [5, 5.41) is 9.41. The number of nitrogens with two attached hydrogens (primary N) is 1. The van der Waals surface area contributed by atoms with Crippen LogP contribution in [0.4, 0.5) is 0 Å². The van der Waals surface area contributed by atoms with Crippen molar-refractivity contribution in [2.45, 2.75) is 13.5 Å². The fourth-order valence-corrected chi connectivity index (χ4v) is 1.97. The van der Waals surface area contributed by atoms with E-state index in [1.807, 2.05) is 37.3 Å². The second-order valence-corrected chi connectivity index (χ2v) is 4.22. The molecule has 0 fully saturated rings. The lowest BCUT2D eigenvalue weighted by Gasteiger charge is -2.05. The average molecular weight is 239 g/mol. The molecular weight excluding hydrogens is 226 g/mol. The van der Waals surface area contributed by atoms with Crippen molar-refractivity contribution in [1.29, 1.82) is 0 Å². The Morgan fingerprint density at radius 1 is 1.17 bits per heavy atom. The van der Waals surface area contributed by atoms with Crippen LogP contribution >= 0.6 is 0 Å². The maximum absolute atomic E-state index is 5.69. The summed E-state index contributed by atoms with van der Waals surface area (Å²) in [4.78, 5) is 0. The van der Waals surface area contributed by atoms with Crippen LogP contribution in [0.3, 0.4) is 0 Å². The molecule has 0 bridgehead atoms. The molecule has 4 nitrogen and oxygen atoms in total. The highest BCUT2D eigenvalue weighted by atomic mass is 16.3. The van der Waals surface area contributed by atoms with Crippen LogP contribution in [-0.4, -0.2) is 10.2 Å². The highest BCUT2D eigenvalue weighted by Gasteiger charge is 2.06. The third kappa shape index (κ3) is 1.76.